The summed E-state index contributed by atoms with van der Waals surface area (Å²) in [5.41, 5.74) is 8.83. The van der Waals surface area contributed by atoms with Crippen molar-refractivity contribution in [2.24, 2.45) is 5.84 Å². The van der Waals surface area contributed by atoms with Crippen LogP contribution in [0.4, 0.5) is 11.4 Å². The van der Waals surface area contributed by atoms with Gasteiger partial charge in [-0.15, -0.1) is 0 Å². The van der Waals surface area contributed by atoms with E-state index >= 15 is 0 Å². The maximum Gasteiger partial charge on any atom is 0.0578 e. The molecule has 2 nitrogen and oxygen atoms in total. The molecule has 0 saturated heterocycles. The molecule has 0 aromatic heterocycles. The zero-order valence-electron chi connectivity index (χ0n) is 20.3. The Balaban J connectivity index is 1.77. The van der Waals surface area contributed by atoms with Crippen LogP contribution in [-0.4, -0.2) is 0 Å². The summed E-state index contributed by atoms with van der Waals surface area (Å²) in [5.74, 6) is 6.73. The lowest BCUT2D eigenvalue weighted by molar-refractivity contribution is 0.331. The van der Waals surface area contributed by atoms with E-state index in [0.29, 0.717) is 0 Å². The lowest BCUT2D eigenvalue weighted by atomic mass is 9.63. The predicted molar refractivity (Wildman–Crippen MR) is 130 cm³/mol. The molecule has 0 heterocycles. The minimum Gasteiger partial charge on any atom is -0.280 e. The summed E-state index contributed by atoms with van der Waals surface area (Å²) in [6.45, 7) is 19.0. The minimum absolute atomic E-state index is 0.184. The first-order valence-corrected chi connectivity index (χ1v) is 11.6. The van der Waals surface area contributed by atoms with Gasteiger partial charge in [-0.2, -0.15) is 0 Å². The quantitative estimate of drug-likeness (QED) is 0.417. The monoisotopic (exact) mass is 404 g/mol. The van der Waals surface area contributed by atoms with Gasteiger partial charge in [-0.25, -0.2) is 5.84 Å². The molecule has 0 saturated carbocycles. The number of rotatable bonds is 2. The number of nitrogens with two attached hydrogens (primary N) is 1. The molecule has 162 valence electrons. The third-order valence-corrected chi connectivity index (χ3v) is 8.23. The third-order valence-electron chi connectivity index (χ3n) is 8.23. The van der Waals surface area contributed by atoms with E-state index < -0.39 is 0 Å². The van der Waals surface area contributed by atoms with Crippen molar-refractivity contribution >= 4 is 11.4 Å². The molecule has 0 aliphatic heterocycles. The molecule has 2 aromatic rings. The van der Waals surface area contributed by atoms with Gasteiger partial charge in [0.15, 0.2) is 0 Å². The summed E-state index contributed by atoms with van der Waals surface area (Å²) >= 11 is 0. The van der Waals surface area contributed by atoms with Gasteiger partial charge in [0.2, 0.25) is 0 Å². The van der Waals surface area contributed by atoms with Crippen LogP contribution in [0.2, 0.25) is 0 Å². The normalized spacial score (nSPS) is 22.7. The zero-order valence-corrected chi connectivity index (χ0v) is 20.3. The van der Waals surface area contributed by atoms with Crippen molar-refractivity contribution in [2.75, 3.05) is 5.01 Å². The highest BCUT2D eigenvalue weighted by atomic mass is 15.4. The van der Waals surface area contributed by atoms with Gasteiger partial charge in [0.25, 0.3) is 0 Å². The molecule has 0 bridgehead atoms. The Morgan fingerprint density at radius 3 is 1.17 bits per heavy atom. The molecule has 0 spiro atoms. The highest BCUT2D eigenvalue weighted by Crippen LogP contribution is 2.49. The topological polar surface area (TPSA) is 29.3 Å². The standard InChI is InChI=1S/C28H40N2/c1-25(2)13-15-27(5,6)23-17-19(9-11-21(23)25)30(29)20-10-12-22-24(18-20)28(7,8)16-14-26(22,3)4/h9-12,17-18H,13-16,29H2,1-8H3. The van der Waals surface area contributed by atoms with E-state index in [1.807, 2.05) is 5.01 Å². The first kappa shape index (κ1) is 21.4. The Hall–Kier alpha value is -1.80. The SMILES string of the molecule is CC1(C)CCC(C)(C)c2cc(N(N)c3ccc4c(c3)C(C)(C)CCC4(C)C)ccc21. The van der Waals surface area contributed by atoms with Crippen molar-refractivity contribution in [3.63, 3.8) is 0 Å². The average molecular weight is 405 g/mol. The Morgan fingerprint density at radius 1 is 0.533 bits per heavy atom. The van der Waals surface area contributed by atoms with Crippen LogP contribution in [0.3, 0.4) is 0 Å². The number of hydrazine groups is 1. The molecule has 2 N–H and O–H groups in total. The summed E-state index contributed by atoms with van der Waals surface area (Å²) in [5, 5.41) is 1.88. The van der Waals surface area contributed by atoms with Crippen LogP contribution in [-0.2, 0) is 21.7 Å². The van der Waals surface area contributed by atoms with Gasteiger partial charge in [-0.3, -0.25) is 5.01 Å². The molecule has 4 rings (SSSR count). The molecule has 2 aliphatic rings. The van der Waals surface area contributed by atoms with E-state index in [0.717, 1.165) is 11.4 Å². The maximum atomic E-state index is 6.73. The molecular formula is C28H40N2. The molecule has 2 aliphatic carbocycles. The van der Waals surface area contributed by atoms with Crippen LogP contribution in [0.1, 0.15) is 103 Å². The molecule has 0 unspecified atom stereocenters. The Morgan fingerprint density at radius 2 is 0.833 bits per heavy atom. The molecule has 2 aromatic carbocycles. The third kappa shape index (κ3) is 3.38. The van der Waals surface area contributed by atoms with E-state index in [1.165, 1.54) is 47.9 Å². The van der Waals surface area contributed by atoms with Crippen molar-refractivity contribution in [2.45, 2.75) is 103 Å². The second kappa shape index (κ2) is 6.60. The highest BCUT2D eigenvalue weighted by molar-refractivity contribution is 5.66. The van der Waals surface area contributed by atoms with Crippen LogP contribution in [0.25, 0.3) is 0 Å². The van der Waals surface area contributed by atoms with Crippen molar-refractivity contribution in [1.29, 1.82) is 0 Å². The van der Waals surface area contributed by atoms with Gasteiger partial charge in [-0.05, 0) is 93.9 Å². The second-order valence-electron chi connectivity index (χ2n) is 12.4. The second-order valence-corrected chi connectivity index (χ2v) is 12.4. The van der Waals surface area contributed by atoms with Gasteiger partial charge >= 0.3 is 0 Å². The van der Waals surface area contributed by atoms with E-state index in [1.54, 1.807) is 0 Å². The summed E-state index contributed by atoms with van der Waals surface area (Å²) in [6.07, 6.45) is 4.88. The van der Waals surface area contributed by atoms with Crippen LogP contribution in [0.15, 0.2) is 36.4 Å². The number of hydrogen-bond donors (Lipinski definition) is 1. The molecule has 30 heavy (non-hydrogen) atoms. The number of nitrogens with zero attached hydrogens (tertiary/aromatic N) is 1. The van der Waals surface area contributed by atoms with Gasteiger partial charge in [-0.1, -0.05) is 67.5 Å². The smallest absolute Gasteiger partial charge is 0.0578 e. The summed E-state index contributed by atoms with van der Waals surface area (Å²) in [4.78, 5) is 0. The van der Waals surface area contributed by atoms with E-state index in [9.17, 15) is 0 Å². The van der Waals surface area contributed by atoms with Crippen molar-refractivity contribution in [3.05, 3.63) is 58.7 Å². The predicted octanol–water partition coefficient (Wildman–Crippen LogP) is 7.40. The fourth-order valence-corrected chi connectivity index (χ4v) is 5.60. The molecule has 0 fully saturated rings. The first-order chi connectivity index (χ1) is 13.7. The van der Waals surface area contributed by atoms with Gasteiger partial charge in [0, 0.05) is 0 Å². The molecule has 0 atom stereocenters. The average Bonchev–Trinajstić information content (AvgIpc) is 2.68. The Labute approximate surface area is 183 Å². The number of fused-ring (bicyclic) bond motifs is 2. The van der Waals surface area contributed by atoms with E-state index in [-0.39, 0.29) is 21.7 Å². The molecular weight excluding hydrogens is 364 g/mol. The van der Waals surface area contributed by atoms with Gasteiger partial charge < -0.3 is 0 Å². The molecule has 0 amide bonds. The van der Waals surface area contributed by atoms with Gasteiger partial charge in [0.1, 0.15) is 0 Å². The summed E-state index contributed by atoms with van der Waals surface area (Å²) in [7, 11) is 0. The van der Waals surface area contributed by atoms with Crippen LogP contribution < -0.4 is 10.9 Å². The number of benzene rings is 2. The Kier molecular flexibility index (Phi) is 4.71. The van der Waals surface area contributed by atoms with Crippen molar-refractivity contribution < 1.29 is 0 Å². The number of hydrogen-bond acceptors (Lipinski definition) is 2. The fourth-order valence-electron chi connectivity index (χ4n) is 5.60. The fraction of sp³-hybridized carbons (Fsp3) is 0.571. The van der Waals surface area contributed by atoms with Crippen LogP contribution in [0, 0.1) is 0 Å². The molecule has 2 heteroatoms. The lowest BCUT2D eigenvalue weighted by Crippen LogP contribution is -2.35. The summed E-state index contributed by atoms with van der Waals surface area (Å²) in [6, 6.07) is 13.7. The summed E-state index contributed by atoms with van der Waals surface area (Å²) < 4.78 is 0. The van der Waals surface area contributed by atoms with E-state index in [2.05, 4.69) is 91.8 Å². The van der Waals surface area contributed by atoms with Crippen LogP contribution in [0.5, 0.6) is 0 Å². The minimum atomic E-state index is 0.184. The van der Waals surface area contributed by atoms with Crippen molar-refractivity contribution in [3.8, 4) is 0 Å². The molecule has 0 radical (unpaired) electrons. The van der Waals surface area contributed by atoms with Gasteiger partial charge in [0.05, 0.1) is 11.4 Å². The van der Waals surface area contributed by atoms with Crippen molar-refractivity contribution in [1.82, 2.24) is 0 Å². The van der Waals surface area contributed by atoms with Crippen LogP contribution >= 0.6 is 0 Å². The largest absolute Gasteiger partial charge is 0.280 e. The number of anilines is 2. The maximum absolute atomic E-state index is 6.73. The Bertz CT molecular complexity index is 899. The lowest BCUT2D eigenvalue weighted by Gasteiger charge is -2.43. The highest BCUT2D eigenvalue weighted by Gasteiger charge is 2.38. The van der Waals surface area contributed by atoms with E-state index in [4.69, 9.17) is 5.84 Å². The first-order valence-electron chi connectivity index (χ1n) is 11.6. The zero-order chi connectivity index (χ0) is 22.1.